The lowest BCUT2D eigenvalue weighted by Crippen LogP contribution is -2.42. The van der Waals surface area contributed by atoms with Crippen molar-refractivity contribution in [3.63, 3.8) is 0 Å². The Bertz CT molecular complexity index is 1210. The molecule has 0 bridgehead atoms. The van der Waals surface area contributed by atoms with E-state index in [2.05, 4.69) is 5.32 Å². The maximum absolute atomic E-state index is 13.5. The number of nitrogens with one attached hydrogen (secondary N) is 1. The lowest BCUT2D eigenvalue weighted by molar-refractivity contribution is -0.147. The Morgan fingerprint density at radius 3 is 2.45 bits per heavy atom. The molecule has 1 heterocycles. The fourth-order valence-corrected chi connectivity index (χ4v) is 5.73. The fourth-order valence-electron chi connectivity index (χ4n) is 4.32. The van der Waals surface area contributed by atoms with Gasteiger partial charge in [0.15, 0.2) is 5.76 Å². The lowest BCUT2D eigenvalue weighted by atomic mass is 9.91. The van der Waals surface area contributed by atoms with Gasteiger partial charge in [0.25, 0.3) is 5.91 Å². The summed E-state index contributed by atoms with van der Waals surface area (Å²) in [5, 5.41) is 12.4. The van der Waals surface area contributed by atoms with Crippen LogP contribution in [0.25, 0.3) is 0 Å². The van der Waals surface area contributed by atoms with Crippen LogP contribution in [-0.2, 0) is 24.3 Å². The Morgan fingerprint density at radius 2 is 1.84 bits per heavy atom. The summed E-state index contributed by atoms with van der Waals surface area (Å²) in [6.45, 7) is -0.552. The molecule has 1 aliphatic carbocycles. The van der Waals surface area contributed by atoms with E-state index in [9.17, 15) is 22.7 Å². The van der Waals surface area contributed by atoms with Gasteiger partial charge in [0, 0.05) is 31.5 Å². The lowest BCUT2D eigenvalue weighted by Gasteiger charge is -2.32. The van der Waals surface area contributed by atoms with E-state index in [-0.39, 0.29) is 60.6 Å². The van der Waals surface area contributed by atoms with Crippen LogP contribution in [0.3, 0.4) is 0 Å². The minimum atomic E-state index is -3.90. The van der Waals surface area contributed by atoms with Gasteiger partial charge in [0.1, 0.15) is 11.6 Å². The van der Waals surface area contributed by atoms with Gasteiger partial charge < -0.3 is 24.6 Å². The zero-order chi connectivity index (χ0) is 27.1. The minimum Gasteiger partial charge on any atom is -0.497 e. The standard InChI is InChI=1S/C27H33FN2O7S/c1-35-23-9-11-24(12-10-23)38(33,34)30(13-15-31)14-16-36-26-18-20(19-5-7-21(28)8-6-19)17-25(37-26)27(32)29-22-3-2-4-22/h5-12,17,20,22,26,31H,2-4,13-16,18H2,1H3,(H,29,32)/t20-,26+/m0/s1. The highest BCUT2D eigenvalue weighted by molar-refractivity contribution is 7.89. The molecule has 2 N–H and O–H groups in total. The van der Waals surface area contributed by atoms with Crippen molar-refractivity contribution in [1.29, 1.82) is 0 Å². The second-order valence-electron chi connectivity index (χ2n) is 9.25. The van der Waals surface area contributed by atoms with E-state index in [4.69, 9.17) is 14.2 Å². The summed E-state index contributed by atoms with van der Waals surface area (Å²) < 4.78 is 57.7. The normalized spacial score (nSPS) is 19.8. The first-order chi connectivity index (χ1) is 18.3. The Labute approximate surface area is 222 Å². The van der Waals surface area contributed by atoms with Gasteiger partial charge in [-0.05, 0) is 67.3 Å². The highest BCUT2D eigenvalue weighted by Gasteiger charge is 2.31. The molecule has 206 valence electrons. The molecule has 4 rings (SSSR count). The number of sulfonamides is 1. The third kappa shape index (κ3) is 6.90. The monoisotopic (exact) mass is 548 g/mol. The Kier molecular flexibility index (Phi) is 9.37. The van der Waals surface area contributed by atoms with Crippen LogP contribution in [0.15, 0.2) is 65.3 Å². The van der Waals surface area contributed by atoms with Gasteiger partial charge in [0.2, 0.25) is 16.3 Å². The maximum Gasteiger partial charge on any atom is 0.286 e. The van der Waals surface area contributed by atoms with E-state index in [1.807, 2.05) is 0 Å². The first kappa shape index (κ1) is 28.0. The number of aliphatic hydroxyl groups excluding tert-OH is 1. The van der Waals surface area contributed by atoms with Crippen molar-refractivity contribution in [2.24, 2.45) is 0 Å². The molecule has 2 aromatic rings. The van der Waals surface area contributed by atoms with E-state index in [0.717, 1.165) is 29.1 Å². The van der Waals surface area contributed by atoms with Gasteiger partial charge in [-0.25, -0.2) is 12.8 Å². The molecule has 1 saturated carbocycles. The number of benzene rings is 2. The second-order valence-corrected chi connectivity index (χ2v) is 11.2. The summed E-state index contributed by atoms with van der Waals surface area (Å²) in [7, 11) is -2.41. The molecule has 1 amide bonds. The Balaban J connectivity index is 1.43. The van der Waals surface area contributed by atoms with Crippen molar-refractivity contribution in [3.05, 3.63) is 71.7 Å². The summed E-state index contributed by atoms with van der Waals surface area (Å²) in [6, 6.07) is 12.1. The number of hydrogen-bond donors (Lipinski definition) is 2. The van der Waals surface area contributed by atoms with E-state index >= 15 is 0 Å². The topological polar surface area (TPSA) is 114 Å². The molecule has 2 aromatic carbocycles. The maximum atomic E-state index is 13.5. The molecule has 0 radical (unpaired) electrons. The molecule has 0 unspecified atom stereocenters. The van der Waals surface area contributed by atoms with Crippen LogP contribution in [0.4, 0.5) is 4.39 Å². The predicted molar refractivity (Wildman–Crippen MR) is 137 cm³/mol. The van der Waals surface area contributed by atoms with Crippen molar-refractivity contribution in [3.8, 4) is 5.75 Å². The second kappa shape index (κ2) is 12.7. The average molecular weight is 549 g/mol. The van der Waals surface area contributed by atoms with Gasteiger partial charge in [-0.1, -0.05) is 12.1 Å². The van der Waals surface area contributed by atoms with Gasteiger partial charge in [-0.15, -0.1) is 0 Å². The number of carbonyl (C=O) groups excluding carboxylic acids is 1. The quantitative estimate of drug-likeness (QED) is 0.419. The molecule has 0 aromatic heterocycles. The Hall–Kier alpha value is -2.99. The zero-order valence-corrected chi connectivity index (χ0v) is 22.0. The number of hydrogen-bond acceptors (Lipinski definition) is 7. The number of halogens is 1. The molecular weight excluding hydrogens is 515 g/mol. The molecule has 0 spiro atoms. The van der Waals surface area contributed by atoms with Gasteiger partial charge in [0.05, 0.1) is 25.2 Å². The molecule has 11 heteroatoms. The van der Waals surface area contributed by atoms with Crippen LogP contribution < -0.4 is 10.1 Å². The number of amides is 1. The van der Waals surface area contributed by atoms with Crippen molar-refractivity contribution < 1.29 is 36.9 Å². The van der Waals surface area contributed by atoms with Crippen molar-refractivity contribution >= 4 is 15.9 Å². The SMILES string of the molecule is COc1ccc(S(=O)(=O)N(CCO)CCO[C@H]2C[C@@H](c3ccc(F)cc3)C=C(C(=O)NC3CCC3)O2)cc1. The van der Waals surface area contributed by atoms with Gasteiger partial charge in [-0.2, -0.15) is 4.31 Å². The van der Waals surface area contributed by atoms with Crippen LogP contribution in [0.1, 0.15) is 37.2 Å². The molecule has 2 atom stereocenters. The molecule has 0 saturated heterocycles. The zero-order valence-electron chi connectivity index (χ0n) is 21.2. The number of ether oxygens (including phenoxy) is 3. The number of rotatable bonds is 12. The molecule has 9 nitrogen and oxygen atoms in total. The van der Waals surface area contributed by atoms with E-state index in [1.165, 1.54) is 31.4 Å². The van der Waals surface area contributed by atoms with Crippen LogP contribution in [0.5, 0.6) is 5.75 Å². The van der Waals surface area contributed by atoms with Crippen molar-refractivity contribution in [2.45, 2.75) is 48.8 Å². The van der Waals surface area contributed by atoms with Crippen LogP contribution in [-0.4, -0.2) is 69.5 Å². The van der Waals surface area contributed by atoms with Crippen LogP contribution >= 0.6 is 0 Å². The number of aliphatic hydroxyl groups is 1. The summed E-state index contributed by atoms with van der Waals surface area (Å²) in [4.78, 5) is 12.9. The minimum absolute atomic E-state index is 0.0340. The van der Waals surface area contributed by atoms with Gasteiger partial charge in [-0.3, -0.25) is 4.79 Å². The molecule has 1 aliphatic heterocycles. The predicted octanol–water partition coefficient (Wildman–Crippen LogP) is 2.92. The highest BCUT2D eigenvalue weighted by atomic mass is 32.2. The van der Waals surface area contributed by atoms with Crippen LogP contribution in [0.2, 0.25) is 0 Å². The fraction of sp³-hybridized carbons (Fsp3) is 0.444. The molecule has 2 aliphatic rings. The van der Waals surface area contributed by atoms with Crippen molar-refractivity contribution in [1.82, 2.24) is 9.62 Å². The van der Waals surface area contributed by atoms with E-state index < -0.39 is 16.3 Å². The number of methoxy groups -OCH3 is 1. The smallest absolute Gasteiger partial charge is 0.286 e. The first-order valence-electron chi connectivity index (χ1n) is 12.6. The number of nitrogens with zero attached hydrogens (tertiary/aromatic N) is 1. The Morgan fingerprint density at radius 1 is 1.13 bits per heavy atom. The van der Waals surface area contributed by atoms with E-state index in [0.29, 0.717) is 12.2 Å². The van der Waals surface area contributed by atoms with Crippen LogP contribution in [0, 0.1) is 5.82 Å². The number of allylic oxidation sites excluding steroid dienone is 1. The third-order valence-electron chi connectivity index (χ3n) is 6.71. The molecular formula is C27H33FN2O7S. The highest BCUT2D eigenvalue weighted by Crippen LogP contribution is 2.32. The summed E-state index contributed by atoms with van der Waals surface area (Å²) in [5.41, 5.74) is 0.807. The van der Waals surface area contributed by atoms with Gasteiger partial charge >= 0.3 is 0 Å². The largest absolute Gasteiger partial charge is 0.497 e. The summed E-state index contributed by atoms with van der Waals surface area (Å²) in [5.74, 6) is -0.299. The first-order valence-corrected chi connectivity index (χ1v) is 14.1. The van der Waals surface area contributed by atoms with E-state index in [1.54, 1.807) is 30.3 Å². The average Bonchev–Trinajstić information content (AvgIpc) is 2.90. The number of carbonyl (C=O) groups is 1. The molecule has 38 heavy (non-hydrogen) atoms. The summed E-state index contributed by atoms with van der Waals surface area (Å²) >= 11 is 0. The third-order valence-corrected chi connectivity index (χ3v) is 8.62. The summed E-state index contributed by atoms with van der Waals surface area (Å²) in [6.07, 6.45) is 4.16. The van der Waals surface area contributed by atoms with Crippen molar-refractivity contribution in [2.75, 3.05) is 33.4 Å². The molecule has 1 fully saturated rings.